The van der Waals surface area contributed by atoms with E-state index in [0.29, 0.717) is 6.54 Å². The largest absolute Gasteiger partial charge is 0.332 e. The Morgan fingerprint density at radius 1 is 1.30 bits per heavy atom. The van der Waals surface area contributed by atoms with Crippen LogP contribution in [0.4, 0.5) is 10.5 Å². The van der Waals surface area contributed by atoms with Crippen molar-refractivity contribution in [1.82, 2.24) is 15.3 Å². The van der Waals surface area contributed by atoms with Crippen molar-refractivity contribution in [3.63, 3.8) is 0 Å². The van der Waals surface area contributed by atoms with Gasteiger partial charge in [-0.2, -0.15) is 0 Å². The molecule has 0 aliphatic carbocycles. The van der Waals surface area contributed by atoms with Crippen LogP contribution < -0.4 is 10.6 Å². The molecular weight excluding hydrogens is 272 g/mol. The molecule has 2 amide bonds. The minimum atomic E-state index is -0.259. The second-order valence-electron chi connectivity index (χ2n) is 4.19. The molecule has 2 rings (SSSR count). The first-order chi connectivity index (χ1) is 9.67. The topological polar surface area (TPSA) is 66.9 Å². The molecule has 0 saturated heterocycles. The van der Waals surface area contributed by atoms with Crippen molar-refractivity contribution in [3.05, 3.63) is 48.0 Å². The number of anilines is 1. The van der Waals surface area contributed by atoms with Crippen molar-refractivity contribution in [2.45, 2.75) is 18.4 Å². The first-order valence-corrected chi connectivity index (χ1v) is 7.36. The first kappa shape index (κ1) is 14.3. The minimum absolute atomic E-state index is 0.259. The van der Waals surface area contributed by atoms with Crippen LogP contribution in [0.2, 0.25) is 0 Å². The van der Waals surface area contributed by atoms with Gasteiger partial charge in [0.1, 0.15) is 0 Å². The van der Waals surface area contributed by atoms with Gasteiger partial charge in [0.05, 0.1) is 24.1 Å². The Hall–Kier alpha value is -2.08. The number of nitrogens with zero attached hydrogens (tertiary/aromatic N) is 2. The van der Waals surface area contributed by atoms with E-state index in [1.54, 1.807) is 24.2 Å². The lowest BCUT2D eigenvalue weighted by Gasteiger charge is -2.08. The minimum Gasteiger partial charge on any atom is -0.332 e. The second-order valence-corrected chi connectivity index (χ2v) is 5.07. The van der Waals surface area contributed by atoms with E-state index in [-0.39, 0.29) is 6.03 Å². The molecule has 0 unspecified atom stereocenters. The van der Waals surface area contributed by atoms with Crippen LogP contribution in [-0.4, -0.2) is 22.3 Å². The summed E-state index contributed by atoms with van der Waals surface area (Å²) in [4.78, 5) is 21.2. The highest BCUT2D eigenvalue weighted by molar-refractivity contribution is 7.98. The molecule has 1 aromatic carbocycles. The number of thioether (sulfide) groups is 1. The molecule has 5 nitrogen and oxygen atoms in total. The van der Waals surface area contributed by atoms with Crippen molar-refractivity contribution in [1.29, 1.82) is 0 Å². The molecule has 104 valence electrons. The van der Waals surface area contributed by atoms with E-state index in [4.69, 9.17) is 0 Å². The highest BCUT2D eigenvalue weighted by Crippen LogP contribution is 2.18. The summed E-state index contributed by atoms with van der Waals surface area (Å²) in [5.41, 5.74) is 2.35. The van der Waals surface area contributed by atoms with Gasteiger partial charge >= 0.3 is 6.03 Å². The summed E-state index contributed by atoms with van der Waals surface area (Å²) in [6.07, 6.45) is 5.33. The van der Waals surface area contributed by atoms with Crippen LogP contribution >= 0.6 is 11.8 Å². The Labute approximate surface area is 122 Å². The third-order valence-corrected chi connectivity index (χ3v) is 3.32. The number of rotatable bonds is 4. The number of carbonyl (C=O) groups excluding carboxylic acids is 1. The summed E-state index contributed by atoms with van der Waals surface area (Å²) in [6, 6.07) is 7.43. The summed E-state index contributed by atoms with van der Waals surface area (Å²) in [7, 11) is 0. The van der Waals surface area contributed by atoms with Crippen LogP contribution in [0.5, 0.6) is 0 Å². The van der Waals surface area contributed by atoms with E-state index in [1.165, 1.54) is 0 Å². The average Bonchev–Trinajstić information content (AvgIpc) is 2.47. The smallest absolute Gasteiger partial charge is 0.319 e. The molecule has 0 radical (unpaired) electrons. The molecule has 0 saturated carbocycles. The number of aryl methyl sites for hydroxylation is 1. The Kier molecular flexibility index (Phi) is 4.95. The molecular formula is C14H16N4OS. The zero-order chi connectivity index (χ0) is 14.4. The Morgan fingerprint density at radius 3 is 2.85 bits per heavy atom. The van der Waals surface area contributed by atoms with Crippen LogP contribution in [0.3, 0.4) is 0 Å². The number of carbonyl (C=O) groups is 1. The van der Waals surface area contributed by atoms with Gasteiger partial charge in [-0.25, -0.2) is 4.79 Å². The average molecular weight is 288 g/mol. The number of urea groups is 1. The van der Waals surface area contributed by atoms with Crippen molar-refractivity contribution in [2.75, 3.05) is 11.6 Å². The number of benzene rings is 1. The highest BCUT2D eigenvalue weighted by atomic mass is 32.2. The van der Waals surface area contributed by atoms with Gasteiger partial charge in [0, 0.05) is 16.8 Å². The van der Waals surface area contributed by atoms with Gasteiger partial charge < -0.3 is 10.6 Å². The zero-order valence-electron chi connectivity index (χ0n) is 11.4. The van der Waals surface area contributed by atoms with E-state index in [2.05, 4.69) is 20.6 Å². The Morgan fingerprint density at radius 2 is 2.15 bits per heavy atom. The Bertz CT molecular complexity index is 586. The van der Waals surface area contributed by atoms with Crippen LogP contribution in [0.1, 0.15) is 11.4 Å². The predicted octanol–water partition coefficient (Wildman–Crippen LogP) is 2.83. The lowest BCUT2D eigenvalue weighted by Crippen LogP contribution is -2.28. The van der Waals surface area contributed by atoms with Crippen molar-refractivity contribution in [2.24, 2.45) is 0 Å². The summed E-state index contributed by atoms with van der Waals surface area (Å²) in [6.45, 7) is 2.22. The quantitative estimate of drug-likeness (QED) is 0.849. The molecule has 0 aliphatic heterocycles. The third kappa shape index (κ3) is 4.24. The van der Waals surface area contributed by atoms with Crippen LogP contribution in [0.15, 0.2) is 41.6 Å². The summed E-state index contributed by atoms with van der Waals surface area (Å²) in [5.74, 6) is 0. The fourth-order valence-electron chi connectivity index (χ4n) is 1.56. The fourth-order valence-corrected chi connectivity index (χ4v) is 2.02. The molecule has 20 heavy (non-hydrogen) atoms. The lowest BCUT2D eigenvalue weighted by atomic mass is 10.3. The molecule has 1 aromatic heterocycles. The Balaban J connectivity index is 1.87. The molecule has 0 aliphatic rings. The summed E-state index contributed by atoms with van der Waals surface area (Å²) < 4.78 is 0. The molecule has 0 atom stereocenters. The predicted molar refractivity (Wildman–Crippen MR) is 80.9 cm³/mol. The fraction of sp³-hybridized carbons (Fsp3) is 0.214. The first-order valence-electron chi connectivity index (χ1n) is 6.14. The monoisotopic (exact) mass is 288 g/mol. The van der Waals surface area contributed by atoms with Crippen molar-refractivity contribution >= 4 is 23.5 Å². The maximum absolute atomic E-state index is 11.8. The standard InChI is InChI=1S/C14H16N4OS/c1-10-7-16-12(8-15-10)9-17-14(19)18-11-4-3-5-13(6-11)20-2/h3-8H,9H2,1-2H3,(H2,17,18,19). The van der Waals surface area contributed by atoms with Gasteiger partial charge in [-0.05, 0) is 31.4 Å². The van der Waals surface area contributed by atoms with Gasteiger partial charge in [-0.3, -0.25) is 9.97 Å². The van der Waals surface area contributed by atoms with Gasteiger partial charge in [0.25, 0.3) is 0 Å². The van der Waals surface area contributed by atoms with Crippen molar-refractivity contribution < 1.29 is 4.79 Å². The number of aromatic nitrogens is 2. The molecule has 0 spiro atoms. The number of nitrogens with one attached hydrogen (secondary N) is 2. The molecule has 6 heteroatoms. The number of amides is 2. The maximum Gasteiger partial charge on any atom is 0.319 e. The SMILES string of the molecule is CSc1cccc(NC(=O)NCc2cnc(C)cn2)c1. The normalized spacial score (nSPS) is 10.1. The molecule has 1 heterocycles. The number of hydrogen-bond acceptors (Lipinski definition) is 4. The van der Waals surface area contributed by atoms with E-state index in [1.807, 2.05) is 37.4 Å². The van der Waals surface area contributed by atoms with Crippen molar-refractivity contribution in [3.8, 4) is 0 Å². The molecule has 2 N–H and O–H groups in total. The molecule has 0 fully saturated rings. The third-order valence-electron chi connectivity index (χ3n) is 2.59. The van der Waals surface area contributed by atoms with E-state index < -0.39 is 0 Å². The van der Waals surface area contributed by atoms with E-state index in [0.717, 1.165) is 22.0 Å². The van der Waals surface area contributed by atoms with Crippen LogP contribution in [-0.2, 0) is 6.54 Å². The second kappa shape index (κ2) is 6.91. The van der Waals surface area contributed by atoms with Gasteiger partial charge in [-0.1, -0.05) is 6.07 Å². The van der Waals surface area contributed by atoms with Crippen LogP contribution in [0, 0.1) is 6.92 Å². The lowest BCUT2D eigenvalue weighted by molar-refractivity contribution is 0.251. The van der Waals surface area contributed by atoms with Gasteiger partial charge in [0.15, 0.2) is 0 Å². The number of hydrogen-bond donors (Lipinski definition) is 2. The molecule has 2 aromatic rings. The van der Waals surface area contributed by atoms with E-state index >= 15 is 0 Å². The molecule has 0 bridgehead atoms. The maximum atomic E-state index is 11.8. The van der Waals surface area contributed by atoms with Gasteiger partial charge in [-0.15, -0.1) is 11.8 Å². The summed E-state index contributed by atoms with van der Waals surface area (Å²) >= 11 is 1.63. The summed E-state index contributed by atoms with van der Waals surface area (Å²) in [5, 5.41) is 5.53. The van der Waals surface area contributed by atoms with E-state index in [9.17, 15) is 4.79 Å². The zero-order valence-corrected chi connectivity index (χ0v) is 12.2. The van der Waals surface area contributed by atoms with Crippen LogP contribution in [0.25, 0.3) is 0 Å². The van der Waals surface area contributed by atoms with Gasteiger partial charge in [0.2, 0.25) is 0 Å². The highest BCUT2D eigenvalue weighted by Gasteiger charge is 2.03.